The van der Waals surface area contributed by atoms with Crippen molar-refractivity contribution in [2.45, 2.75) is 19.8 Å². The SMILES string of the molecule is CC1=CC[C@H]2C(=O)N(N(CC(=O)c3ccc(F)cc3)C(=O)c3ccc(Cl)cc3Cl)C(=O)[C@@H]2C1. The third kappa shape index (κ3) is 4.43. The maximum absolute atomic E-state index is 13.5. The van der Waals surface area contributed by atoms with Gasteiger partial charge in [0.15, 0.2) is 5.78 Å². The fraction of sp³-hybridized carbons (Fsp3) is 0.250. The molecule has 3 amide bonds. The third-order valence-corrected chi connectivity index (χ3v) is 6.44. The van der Waals surface area contributed by atoms with E-state index in [2.05, 4.69) is 0 Å². The van der Waals surface area contributed by atoms with Gasteiger partial charge in [0.05, 0.1) is 22.4 Å². The highest BCUT2D eigenvalue weighted by Gasteiger charge is 2.51. The highest BCUT2D eigenvalue weighted by atomic mass is 35.5. The van der Waals surface area contributed by atoms with E-state index in [1.54, 1.807) is 0 Å². The number of halogens is 3. The van der Waals surface area contributed by atoms with Crippen LogP contribution in [0.3, 0.4) is 0 Å². The van der Waals surface area contributed by atoms with E-state index in [9.17, 15) is 23.6 Å². The Bertz CT molecular complexity index is 1200. The molecule has 0 unspecified atom stereocenters. The van der Waals surface area contributed by atoms with Crippen LogP contribution < -0.4 is 0 Å². The molecule has 0 spiro atoms. The van der Waals surface area contributed by atoms with Crippen molar-refractivity contribution in [1.29, 1.82) is 0 Å². The third-order valence-electron chi connectivity index (χ3n) is 5.90. The summed E-state index contributed by atoms with van der Waals surface area (Å²) in [7, 11) is 0. The van der Waals surface area contributed by atoms with Gasteiger partial charge in [-0.3, -0.25) is 19.2 Å². The highest BCUT2D eigenvalue weighted by Crippen LogP contribution is 2.39. The number of imide groups is 1. The summed E-state index contributed by atoms with van der Waals surface area (Å²) in [5.41, 5.74) is 1.10. The Labute approximate surface area is 199 Å². The first-order valence-corrected chi connectivity index (χ1v) is 11.0. The van der Waals surface area contributed by atoms with Gasteiger partial charge in [-0.05, 0) is 62.2 Å². The molecule has 2 atom stereocenters. The van der Waals surface area contributed by atoms with E-state index in [1.807, 2.05) is 13.0 Å². The van der Waals surface area contributed by atoms with E-state index < -0.39 is 47.7 Å². The molecular formula is C24H19Cl2FN2O4. The smallest absolute Gasteiger partial charge is 0.274 e. The number of carbonyl (C=O) groups excluding carboxylic acids is 4. The molecule has 2 aromatic carbocycles. The molecule has 1 fully saturated rings. The highest BCUT2D eigenvalue weighted by molar-refractivity contribution is 6.36. The van der Waals surface area contributed by atoms with Gasteiger partial charge >= 0.3 is 0 Å². The van der Waals surface area contributed by atoms with Crippen LogP contribution in [0.4, 0.5) is 4.39 Å². The first-order chi connectivity index (χ1) is 15.7. The lowest BCUT2D eigenvalue weighted by Gasteiger charge is -2.30. The second kappa shape index (κ2) is 9.08. The van der Waals surface area contributed by atoms with Crippen LogP contribution in [-0.2, 0) is 9.59 Å². The van der Waals surface area contributed by atoms with Gasteiger partial charge < -0.3 is 0 Å². The van der Waals surface area contributed by atoms with E-state index in [4.69, 9.17) is 23.2 Å². The van der Waals surface area contributed by atoms with Gasteiger partial charge in [-0.2, -0.15) is 5.01 Å². The summed E-state index contributed by atoms with van der Waals surface area (Å²) in [4.78, 5) is 52.9. The van der Waals surface area contributed by atoms with Crippen molar-refractivity contribution in [2.24, 2.45) is 11.8 Å². The van der Waals surface area contributed by atoms with E-state index in [1.165, 1.54) is 30.3 Å². The van der Waals surface area contributed by atoms with Crippen LogP contribution in [0.15, 0.2) is 54.1 Å². The predicted molar refractivity (Wildman–Crippen MR) is 120 cm³/mol. The molecule has 0 bridgehead atoms. The van der Waals surface area contributed by atoms with Crippen molar-refractivity contribution in [3.8, 4) is 0 Å². The van der Waals surface area contributed by atoms with Crippen LogP contribution in [0.5, 0.6) is 0 Å². The quantitative estimate of drug-likeness (QED) is 0.346. The fourth-order valence-corrected chi connectivity index (χ4v) is 4.65. The Balaban J connectivity index is 1.72. The minimum absolute atomic E-state index is 0.0146. The molecule has 1 aliphatic heterocycles. The zero-order chi connectivity index (χ0) is 23.9. The summed E-state index contributed by atoms with van der Waals surface area (Å²) in [6, 6.07) is 8.95. The molecule has 6 nitrogen and oxygen atoms in total. The van der Waals surface area contributed by atoms with Gasteiger partial charge in [0.1, 0.15) is 12.4 Å². The standard InChI is InChI=1S/C24H19Cl2FN2O4/c1-13-2-8-17-19(10-13)24(33)29(23(17)32)28(12-21(30)14-3-6-16(27)7-4-14)22(31)18-9-5-15(25)11-20(18)26/h2-7,9,11,17,19H,8,10,12H2,1H3/t17-,19-/m1/s1. The summed E-state index contributed by atoms with van der Waals surface area (Å²) in [5.74, 6) is -4.17. The molecule has 9 heteroatoms. The lowest BCUT2D eigenvalue weighted by Crippen LogP contribution is -2.52. The number of ketones is 1. The number of rotatable bonds is 5. The van der Waals surface area contributed by atoms with Crippen molar-refractivity contribution in [2.75, 3.05) is 6.54 Å². The number of fused-ring (bicyclic) bond motifs is 1. The molecule has 1 heterocycles. The van der Waals surface area contributed by atoms with Crippen LogP contribution in [0, 0.1) is 17.7 Å². The monoisotopic (exact) mass is 488 g/mol. The van der Waals surface area contributed by atoms with Gasteiger partial charge in [-0.15, -0.1) is 0 Å². The molecular weight excluding hydrogens is 470 g/mol. The first kappa shape index (κ1) is 23.1. The van der Waals surface area contributed by atoms with Crippen LogP contribution >= 0.6 is 23.2 Å². The molecule has 2 aliphatic rings. The lowest BCUT2D eigenvalue weighted by atomic mass is 9.82. The molecule has 0 aromatic heterocycles. The molecule has 4 rings (SSSR count). The van der Waals surface area contributed by atoms with E-state index in [-0.39, 0.29) is 16.1 Å². The summed E-state index contributed by atoms with van der Waals surface area (Å²) < 4.78 is 13.3. The topological polar surface area (TPSA) is 74.8 Å². The molecule has 1 aliphatic carbocycles. The number of carbonyl (C=O) groups is 4. The van der Waals surface area contributed by atoms with Crippen molar-refractivity contribution < 1.29 is 23.6 Å². The molecule has 0 N–H and O–H groups in total. The van der Waals surface area contributed by atoms with Crippen molar-refractivity contribution in [1.82, 2.24) is 10.0 Å². The maximum Gasteiger partial charge on any atom is 0.274 e. The minimum atomic E-state index is -0.794. The van der Waals surface area contributed by atoms with Crippen LogP contribution in [-0.4, -0.2) is 40.1 Å². The van der Waals surface area contributed by atoms with Crippen LogP contribution in [0.2, 0.25) is 10.0 Å². The normalized spacial score (nSPS) is 19.9. The van der Waals surface area contributed by atoms with Crippen LogP contribution in [0.25, 0.3) is 0 Å². The summed E-state index contributed by atoms with van der Waals surface area (Å²) in [6.45, 7) is 1.28. The zero-order valence-corrected chi connectivity index (χ0v) is 19.1. The number of amides is 3. The number of hydrazine groups is 1. The Morgan fingerprint density at radius 2 is 1.73 bits per heavy atom. The average molecular weight is 489 g/mol. The van der Waals surface area contributed by atoms with E-state index in [0.717, 1.165) is 27.7 Å². The van der Waals surface area contributed by atoms with Crippen LogP contribution in [0.1, 0.15) is 40.5 Å². The largest absolute Gasteiger partial charge is 0.292 e. The Hall–Kier alpha value is -3.03. The van der Waals surface area contributed by atoms with Gasteiger partial charge in [-0.25, -0.2) is 9.40 Å². The molecule has 170 valence electrons. The summed E-state index contributed by atoms with van der Waals surface area (Å²) >= 11 is 12.1. The number of hydrogen-bond donors (Lipinski definition) is 0. The minimum Gasteiger partial charge on any atom is -0.292 e. The predicted octanol–water partition coefficient (Wildman–Crippen LogP) is 4.71. The molecule has 33 heavy (non-hydrogen) atoms. The zero-order valence-electron chi connectivity index (χ0n) is 17.6. The van der Waals surface area contributed by atoms with Gasteiger partial charge in [0, 0.05) is 10.6 Å². The number of benzene rings is 2. The molecule has 0 saturated carbocycles. The Kier molecular flexibility index (Phi) is 6.36. The second-order valence-electron chi connectivity index (χ2n) is 8.11. The summed E-state index contributed by atoms with van der Waals surface area (Å²) in [5, 5.41) is 1.92. The van der Waals surface area contributed by atoms with Crippen molar-refractivity contribution in [3.63, 3.8) is 0 Å². The second-order valence-corrected chi connectivity index (χ2v) is 8.95. The van der Waals surface area contributed by atoms with Crippen molar-refractivity contribution >= 4 is 46.7 Å². The lowest BCUT2D eigenvalue weighted by molar-refractivity contribution is -0.154. The van der Waals surface area contributed by atoms with Gasteiger partial charge in [0.2, 0.25) is 0 Å². The summed E-state index contributed by atoms with van der Waals surface area (Å²) in [6.07, 6.45) is 2.69. The number of hydrogen-bond acceptors (Lipinski definition) is 4. The van der Waals surface area contributed by atoms with Gasteiger partial charge in [0.25, 0.3) is 17.7 Å². The maximum atomic E-state index is 13.5. The first-order valence-electron chi connectivity index (χ1n) is 10.3. The van der Waals surface area contributed by atoms with E-state index in [0.29, 0.717) is 17.9 Å². The molecule has 1 saturated heterocycles. The van der Waals surface area contributed by atoms with Gasteiger partial charge in [-0.1, -0.05) is 34.9 Å². The number of nitrogens with zero attached hydrogens (tertiary/aromatic N) is 2. The number of allylic oxidation sites excluding steroid dienone is 2. The molecule has 0 radical (unpaired) electrons. The fourth-order valence-electron chi connectivity index (χ4n) is 4.16. The number of Topliss-reactive ketones (excluding diaryl/α,β-unsaturated/α-hetero) is 1. The Morgan fingerprint density at radius 3 is 2.39 bits per heavy atom. The average Bonchev–Trinajstić information content (AvgIpc) is 3.01. The van der Waals surface area contributed by atoms with Crippen molar-refractivity contribution in [3.05, 3.63) is 81.1 Å². The Morgan fingerprint density at radius 1 is 1.06 bits per heavy atom. The van der Waals surface area contributed by atoms with E-state index >= 15 is 0 Å². The molecule has 2 aromatic rings.